The number of hydrogen-bond donors (Lipinski definition) is 4. The molecule has 3 fully saturated rings. The lowest BCUT2D eigenvalue weighted by Crippen LogP contribution is -2.57. The molecule has 41 heavy (non-hydrogen) atoms. The fourth-order valence-electron chi connectivity index (χ4n) is 5.89. The Balaban J connectivity index is 1.45. The van der Waals surface area contributed by atoms with Gasteiger partial charge in [-0.05, 0) is 69.6 Å². The Bertz CT molecular complexity index is 1140. The first-order chi connectivity index (χ1) is 19.6. The average Bonchev–Trinajstić information content (AvgIpc) is 3.50. The number of nitriles is 1. The second kappa shape index (κ2) is 13.6. The van der Waals surface area contributed by atoms with E-state index in [-0.39, 0.29) is 30.1 Å². The molecular weight excluding hydrogens is 524 g/mol. The number of nitrogens with zero attached hydrogens (tertiary/aromatic N) is 1. The number of epoxide rings is 1. The van der Waals surface area contributed by atoms with Crippen LogP contribution in [0.25, 0.3) is 0 Å². The van der Waals surface area contributed by atoms with E-state index in [9.17, 15) is 24.3 Å². The molecule has 10 nitrogen and oxygen atoms in total. The van der Waals surface area contributed by atoms with Crippen molar-refractivity contribution < 1.29 is 29.0 Å². The number of ketones is 1. The van der Waals surface area contributed by atoms with E-state index < -0.39 is 35.5 Å². The molecule has 1 aromatic rings. The lowest BCUT2D eigenvalue weighted by atomic mass is 9.87. The summed E-state index contributed by atoms with van der Waals surface area (Å²) in [7, 11) is 0. The third kappa shape index (κ3) is 8.37. The minimum atomic E-state index is -1.01. The SMILES string of the molecule is C[C@@H](NC(=O)[C@H]1CC[C@H](O)CC1)C(=O)N[C@@H](Cc1ccc(C#N)cc1)C(=O)N[C@@H](CC1CCCC1)C(=O)[C@@]1(C)CO1. The number of Topliss-reactive ketones (excluding diaryl/α,β-unsaturated/α-hetero) is 1. The highest BCUT2D eigenvalue weighted by molar-refractivity contribution is 5.98. The first kappa shape index (κ1) is 30.7. The van der Waals surface area contributed by atoms with Crippen LogP contribution in [0.5, 0.6) is 0 Å². The molecule has 3 amide bonds. The van der Waals surface area contributed by atoms with Gasteiger partial charge in [-0.2, -0.15) is 5.26 Å². The molecule has 1 saturated heterocycles. The highest BCUT2D eigenvalue weighted by Gasteiger charge is 2.50. The van der Waals surface area contributed by atoms with Gasteiger partial charge in [-0.15, -0.1) is 0 Å². The Morgan fingerprint density at radius 3 is 2.17 bits per heavy atom. The minimum Gasteiger partial charge on any atom is -0.393 e. The summed E-state index contributed by atoms with van der Waals surface area (Å²) in [6, 6.07) is 6.20. The lowest BCUT2D eigenvalue weighted by Gasteiger charge is -2.28. The molecule has 0 unspecified atom stereocenters. The van der Waals surface area contributed by atoms with E-state index in [1.54, 1.807) is 38.1 Å². The highest BCUT2D eigenvalue weighted by Crippen LogP contribution is 2.33. The maximum absolute atomic E-state index is 13.7. The topological polar surface area (TPSA) is 161 Å². The smallest absolute Gasteiger partial charge is 0.243 e. The first-order valence-corrected chi connectivity index (χ1v) is 14.8. The Morgan fingerprint density at radius 2 is 1.59 bits per heavy atom. The standard InChI is InChI=1S/C31H42N4O6/c1-19(33-29(39)23-11-13-24(36)14-12-23)28(38)35-26(16-21-7-9-22(17-32)10-8-21)30(40)34-25(15-20-5-3-4-6-20)27(37)31(2)18-41-31/h7-10,19-20,23-26,36H,3-6,11-16,18H2,1-2H3,(H,33,39)(H,34,40)(H,35,38)/t19-,23-,24-,25+,26+,31-/m1/s1. The van der Waals surface area contributed by atoms with Crippen LogP contribution in [0.1, 0.15) is 82.8 Å². The van der Waals surface area contributed by atoms with Gasteiger partial charge in [0.25, 0.3) is 0 Å². The van der Waals surface area contributed by atoms with Crippen LogP contribution in [-0.4, -0.2) is 65.0 Å². The van der Waals surface area contributed by atoms with Crippen LogP contribution in [0.4, 0.5) is 0 Å². The van der Waals surface area contributed by atoms with Crippen molar-refractivity contribution in [3.05, 3.63) is 35.4 Å². The van der Waals surface area contributed by atoms with Crippen LogP contribution in [0.3, 0.4) is 0 Å². The maximum atomic E-state index is 13.7. The summed E-state index contributed by atoms with van der Waals surface area (Å²) in [6.45, 7) is 3.63. The summed E-state index contributed by atoms with van der Waals surface area (Å²) < 4.78 is 5.40. The van der Waals surface area contributed by atoms with Crippen LogP contribution in [0, 0.1) is 23.2 Å². The molecule has 4 rings (SSSR count). The number of nitrogens with one attached hydrogen (secondary N) is 3. The number of amides is 3. The zero-order valence-electron chi connectivity index (χ0n) is 24.0. The van der Waals surface area contributed by atoms with E-state index in [0.717, 1.165) is 31.2 Å². The summed E-state index contributed by atoms with van der Waals surface area (Å²) in [5.41, 5.74) is 0.319. The largest absolute Gasteiger partial charge is 0.393 e. The predicted octanol–water partition coefficient (Wildman–Crippen LogP) is 2.06. The summed E-state index contributed by atoms with van der Waals surface area (Å²) >= 11 is 0. The summed E-state index contributed by atoms with van der Waals surface area (Å²) in [4.78, 5) is 52.9. The zero-order chi connectivity index (χ0) is 29.6. The predicted molar refractivity (Wildman–Crippen MR) is 150 cm³/mol. The second-order valence-corrected chi connectivity index (χ2v) is 12.1. The molecule has 0 bridgehead atoms. The van der Waals surface area contributed by atoms with Gasteiger partial charge in [0.05, 0.1) is 30.4 Å². The fraction of sp³-hybridized carbons (Fsp3) is 0.645. The van der Waals surface area contributed by atoms with Crippen molar-refractivity contribution in [3.63, 3.8) is 0 Å². The van der Waals surface area contributed by atoms with Crippen LogP contribution in [0.2, 0.25) is 0 Å². The van der Waals surface area contributed by atoms with Crippen LogP contribution < -0.4 is 16.0 Å². The number of carbonyl (C=O) groups is 4. The molecule has 0 aromatic heterocycles. The van der Waals surface area contributed by atoms with E-state index in [1.807, 2.05) is 0 Å². The van der Waals surface area contributed by atoms with Crippen LogP contribution >= 0.6 is 0 Å². The monoisotopic (exact) mass is 566 g/mol. The van der Waals surface area contributed by atoms with Crippen molar-refractivity contribution in [2.45, 2.75) is 108 Å². The van der Waals surface area contributed by atoms with Gasteiger partial charge in [0.15, 0.2) is 5.78 Å². The van der Waals surface area contributed by atoms with Crippen molar-refractivity contribution in [1.82, 2.24) is 16.0 Å². The molecule has 222 valence electrons. The molecule has 2 saturated carbocycles. The van der Waals surface area contributed by atoms with Gasteiger partial charge in [0.2, 0.25) is 17.7 Å². The van der Waals surface area contributed by atoms with Gasteiger partial charge in [-0.25, -0.2) is 0 Å². The van der Waals surface area contributed by atoms with Crippen LogP contribution in [-0.2, 0) is 30.3 Å². The quantitative estimate of drug-likeness (QED) is 0.282. The molecule has 4 N–H and O–H groups in total. The third-order valence-electron chi connectivity index (χ3n) is 8.75. The Morgan fingerprint density at radius 1 is 0.976 bits per heavy atom. The van der Waals surface area contributed by atoms with E-state index in [2.05, 4.69) is 22.0 Å². The number of rotatable bonds is 12. The van der Waals surface area contributed by atoms with Crippen molar-refractivity contribution >= 4 is 23.5 Å². The molecule has 3 aliphatic rings. The van der Waals surface area contributed by atoms with E-state index >= 15 is 0 Å². The number of carbonyl (C=O) groups excluding carboxylic acids is 4. The van der Waals surface area contributed by atoms with Crippen LogP contribution in [0.15, 0.2) is 24.3 Å². The van der Waals surface area contributed by atoms with Gasteiger partial charge >= 0.3 is 0 Å². The first-order valence-electron chi connectivity index (χ1n) is 14.8. The minimum absolute atomic E-state index is 0.141. The van der Waals surface area contributed by atoms with Crippen molar-refractivity contribution in [2.75, 3.05) is 6.61 Å². The zero-order valence-corrected chi connectivity index (χ0v) is 24.0. The number of benzene rings is 1. The average molecular weight is 567 g/mol. The lowest BCUT2D eigenvalue weighted by molar-refractivity contribution is -0.135. The summed E-state index contributed by atoms with van der Waals surface area (Å²) in [6.07, 6.45) is 6.75. The third-order valence-corrected chi connectivity index (χ3v) is 8.75. The van der Waals surface area contributed by atoms with E-state index in [1.165, 1.54) is 0 Å². The molecule has 2 aliphatic carbocycles. The number of hydrogen-bond acceptors (Lipinski definition) is 7. The Hall–Kier alpha value is -3.29. The molecule has 1 aromatic carbocycles. The molecule has 0 radical (unpaired) electrons. The van der Waals surface area contributed by atoms with Gasteiger partial charge in [0, 0.05) is 12.3 Å². The number of aliphatic hydroxyl groups excluding tert-OH is 1. The van der Waals surface area contributed by atoms with Crippen molar-refractivity contribution in [1.29, 1.82) is 5.26 Å². The van der Waals surface area contributed by atoms with E-state index in [4.69, 9.17) is 10.00 Å². The number of aliphatic hydroxyl groups is 1. The molecule has 1 aliphatic heterocycles. The fourth-order valence-corrected chi connectivity index (χ4v) is 5.89. The Labute approximate surface area is 241 Å². The van der Waals surface area contributed by atoms with Crippen molar-refractivity contribution in [3.8, 4) is 6.07 Å². The molecule has 1 heterocycles. The summed E-state index contributed by atoms with van der Waals surface area (Å²) in [5.74, 6) is -1.32. The Kier molecular flexibility index (Phi) is 10.2. The van der Waals surface area contributed by atoms with Gasteiger partial charge in [0.1, 0.15) is 17.7 Å². The number of ether oxygens (including phenoxy) is 1. The molecule has 10 heteroatoms. The normalized spacial score (nSPS) is 26.2. The highest BCUT2D eigenvalue weighted by atomic mass is 16.6. The van der Waals surface area contributed by atoms with Gasteiger partial charge in [-0.3, -0.25) is 19.2 Å². The molecule has 0 spiro atoms. The summed E-state index contributed by atoms with van der Waals surface area (Å²) in [5, 5.41) is 27.3. The van der Waals surface area contributed by atoms with E-state index in [0.29, 0.717) is 50.2 Å². The van der Waals surface area contributed by atoms with Gasteiger partial charge in [-0.1, -0.05) is 37.8 Å². The molecular formula is C31H42N4O6. The van der Waals surface area contributed by atoms with Gasteiger partial charge < -0.3 is 25.8 Å². The second-order valence-electron chi connectivity index (χ2n) is 12.1. The molecule has 4 atom stereocenters. The van der Waals surface area contributed by atoms with Crippen molar-refractivity contribution in [2.24, 2.45) is 11.8 Å². The maximum Gasteiger partial charge on any atom is 0.243 e.